The van der Waals surface area contributed by atoms with Gasteiger partial charge < -0.3 is 19.2 Å². The van der Waals surface area contributed by atoms with Crippen LogP contribution in [0.3, 0.4) is 0 Å². The third kappa shape index (κ3) is 59.2. The predicted molar refractivity (Wildman–Crippen MR) is 21.9 cm³/mol. The summed E-state index contributed by atoms with van der Waals surface area (Å²) in [5, 5.41) is 0. The van der Waals surface area contributed by atoms with Gasteiger partial charge in [0.05, 0.1) is 0 Å². The molecule has 0 aliphatic rings. The van der Waals surface area contributed by atoms with Gasteiger partial charge in [-0.15, -0.1) is 0 Å². The van der Waals surface area contributed by atoms with Gasteiger partial charge in [-0.2, -0.15) is 7.82 Å². The maximum Gasteiger partial charge on any atom is 3.00 e. The Bertz CT molecular complexity index is 62.2. The molecule has 0 bridgehead atoms. The summed E-state index contributed by atoms with van der Waals surface area (Å²) in [7, 11) is -5.39. The van der Waals surface area contributed by atoms with Crippen molar-refractivity contribution < 1.29 is 61.0 Å². The fourth-order valence-electron chi connectivity index (χ4n) is 0. The molecule has 0 amide bonds. The van der Waals surface area contributed by atoms with Gasteiger partial charge >= 0.3 is 79.5 Å². The van der Waals surface area contributed by atoms with Gasteiger partial charge in [-0.1, -0.05) is 0 Å². The van der Waals surface area contributed by atoms with Crippen LogP contribution >= 0.6 is 7.82 Å². The van der Waals surface area contributed by atoms with Crippen molar-refractivity contribution >= 4 is 62.9 Å². The average molecular weight is 304 g/mol. The quantitative estimate of drug-likeness (QED) is 0.336. The average Bonchev–Trinajstić information content (AvgIpc) is 0.722. The molecule has 8 heteroatoms. The van der Waals surface area contributed by atoms with Gasteiger partial charge in [0, 0.05) is 17.4 Å². The van der Waals surface area contributed by atoms with E-state index < -0.39 is 7.82 Å². The zero-order chi connectivity index (χ0) is 4.50. The maximum absolute atomic E-state index is 8.55. The van der Waals surface area contributed by atoms with Crippen molar-refractivity contribution in [1.82, 2.24) is 0 Å². The molecule has 0 fully saturated rings. The van der Waals surface area contributed by atoms with Gasteiger partial charge in [0.1, 0.15) is 0 Å². The van der Waals surface area contributed by atoms with Crippen LogP contribution in [0.1, 0.15) is 0 Å². The first-order valence-corrected chi connectivity index (χ1v) is 2.19. The molecule has 0 aliphatic heterocycles. The standard InChI is InChI=1S/Al.Ca.Ce.H3O4P.2H/c;;;1-5(2,3)4;;/h;;;(H3,1,2,3,4);;/q;;+3;;;/p-3. The largest absolute Gasteiger partial charge is 3.00 e. The van der Waals surface area contributed by atoms with Crippen LogP contribution in [0.4, 0.5) is 0 Å². The van der Waals surface area contributed by atoms with E-state index in [1.54, 1.807) is 0 Å². The molecule has 0 aromatic heterocycles. The minimum absolute atomic E-state index is 0. The fourth-order valence-corrected chi connectivity index (χ4v) is 0. The van der Waals surface area contributed by atoms with E-state index in [4.69, 9.17) is 19.2 Å². The SMILES string of the molecule is O=P([O-])([O-])[O-].[Al].[CaH2].[Ce+3]. The van der Waals surface area contributed by atoms with E-state index in [9.17, 15) is 0 Å². The molecule has 0 heterocycles. The molecule has 0 saturated carbocycles. The zero-order valence-electron chi connectivity index (χ0n) is 3.16. The van der Waals surface area contributed by atoms with Crippen LogP contribution in [0, 0.1) is 41.7 Å². The molecule has 0 unspecified atom stereocenters. The molecule has 0 atom stereocenters. The van der Waals surface area contributed by atoms with Crippen LogP contribution in [0.25, 0.3) is 0 Å². The van der Waals surface area contributed by atoms with Crippen molar-refractivity contribution in [3.63, 3.8) is 0 Å². The van der Waals surface area contributed by atoms with E-state index in [0.717, 1.165) is 0 Å². The van der Waals surface area contributed by atoms with Crippen molar-refractivity contribution in [1.29, 1.82) is 0 Å². The summed E-state index contributed by atoms with van der Waals surface area (Å²) in [6, 6.07) is 0. The van der Waals surface area contributed by atoms with Crippen LogP contribution in [0.15, 0.2) is 0 Å². The number of phosphoric acid groups is 1. The third-order valence-corrected chi connectivity index (χ3v) is 0. The predicted octanol–water partition coefficient (Wildman–Crippen LogP) is -4.12. The first-order chi connectivity index (χ1) is 2.00. The van der Waals surface area contributed by atoms with E-state index >= 15 is 0 Å². The summed E-state index contributed by atoms with van der Waals surface area (Å²) in [6.45, 7) is 0. The Balaban J connectivity index is -0.0000000267. The second-order valence-corrected chi connectivity index (χ2v) is 1.34. The molecule has 0 aliphatic carbocycles. The second-order valence-electron chi connectivity index (χ2n) is 0.447. The van der Waals surface area contributed by atoms with Crippen molar-refractivity contribution in [2.45, 2.75) is 0 Å². The maximum atomic E-state index is 8.55. The number of hydrogen-bond donors (Lipinski definition) is 0. The summed E-state index contributed by atoms with van der Waals surface area (Å²) < 4.78 is 8.55. The molecular formula is H2AlCaCeO4P. The van der Waals surface area contributed by atoms with E-state index in [2.05, 4.69) is 0 Å². The number of rotatable bonds is 0. The smallest absolute Gasteiger partial charge is 3.00 e. The molecule has 0 aromatic carbocycles. The molecule has 0 N–H and O–H groups in total. The van der Waals surface area contributed by atoms with Gasteiger partial charge in [-0.3, -0.25) is 0 Å². The van der Waals surface area contributed by atoms with Crippen LogP contribution in [-0.4, -0.2) is 55.1 Å². The summed E-state index contributed by atoms with van der Waals surface area (Å²) in [4.78, 5) is 25.6. The molecule has 0 spiro atoms. The van der Waals surface area contributed by atoms with Gasteiger partial charge in [0.25, 0.3) is 0 Å². The Morgan fingerprint density at radius 1 is 1.12 bits per heavy atom. The first kappa shape index (κ1) is 22.5. The normalized spacial score (nSPS) is 7.38. The Hall–Kier alpha value is 3.28. The Labute approximate surface area is 121 Å². The van der Waals surface area contributed by atoms with Crippen LogP contribution in [-0.2, 0) is 4.57 Å². The minimum Gasteiger partial charge on any atom is 3.00 e. The number of hydrogen-bond acceptors (Lipinski definition) is 4. The molecule has 40 valence electrons. The van der Waals surface area contributed by atoms with E-state index in [1.165, 1.54) is 0 Å². The Morgan fingerprint density at radius 3 is 1.12 bits per heavy atom. The fraction of sp³-hybridized carbons (Fsp3) is 0. The van der Waals surface area contributed by atoms with Crippen LogP contribution in [0.2, 0.25) is 0 Å². The van der Waals surface area contributed by atoms with Gasteiger partial charge in [-0.25, -0.2) is 0 Å². The zero-order valence-corrected chi connectivity index (χ0v) is 8.35. The molecule has 0 saturated heterocycles. The van der Waals surface area contributed by atoms with E-state index in [0.29, 0.717) is 0 Å². The Morgan fingerprint density at radius 2 is 1.12 bits per heavy atom. The van der Waals surface area contributed by atoms with Crippen molar-refractivity contribution in [3.8, 4) is 0 Å². The molecule has 4 nitrogen and oxygen atoms in total. The second kappa shape index (κ2) is 10.3. The topological polar surface area (TPSA) is 86.2 Å². The molecular weight excluding hydrogens is 302 g/mol. The molecule has 0 aromatic rings. The molecule has 8 heavy (non-hydrogen) atoms. The van der Waals surface area contributed by atoms with Crippen LogP contribution in [0.5, 0.6) is 0 Å². The Kier molecular flexibility index (Phi) is 28.9. The summed E-state index contributed by atoms with van der Waals surface area (Å²) in [5.41, 5.74) is 0. The summed E-state index contributed by atoms with van der Waals surface area (Å²) in [5.74, 6) is 0. The molecule has 4 radical (unpaired) electrons. The third-order valence-electron chi connectivity index (χ3n) is 0. The minimum atomic E-state index is -5.39. The summed E-state index contributed by atoms with van der Waals surface area (Å²) in [6.07, 6.45) is 0. The molecule has 0 rings (SSSR count). The van der Waals surface area contributed by atoms with Gasteiger partial charge in [-0.05, 0) is 0 Å². The van der Waals surface area contributed by atoms with Gasteiger partial charge in [0.2, 0.25) is 0 Å². The van der Waals surface area contributed by atoms with E-state index in [1.807, 2.05) is 0 Å². The monoisotopic (exact) mass is 304 g/mol. The van der Waals surface area contributed by atoms with Crippen LogP contribution < -0.4 is 14.7 Å². The van der Waals surface area contributed by atoms with Crippen molar-refractivity contribution in [2.75, 3.05) is 0 Å². The van der Waals surface area contributed by atoms with Gasteiger partial charge in [0.15, 0.2) is 0 Å². The first-order valence-electron chi connectivity index (χ1n) is 0.730. The van der Waals surface area contributed by atoms with E-state index in [-0.39, 0.29) is 96.8 Å². The van der Waals surface area contributed by atoms with Crippen molar-refractivity contribution in [2.24, 2.45) is 0 Å². The van der Waals surface area contributed by atoms with Crippen molar-refractivity contribution in [3.05, 3.63) is 0 Å². The summed E-state index contributed by atoms with van der Waals surface area (Å²) >= 11 is 0.